The number of barbiturate groups is 1. The Labute approximate surface area is 196 Å². The maximum absolute atomic E-state index is 13.0. The number of urea groups is 1. The number of carbonyl (C=O) groups excluding carboxylic acids is 3. The van der Waals surface area contributed by atoms with Crippen molar-refractivity contribution >= 4 is 51.2 Å². The summed E-state index contributed by atoms with van der Waals surface area (Å²) in [5.41, 5.74) is 2.22. The molecular formula is C24H16BrN3O5. The normalized spacial score (nSPS) is 15.0. The van der Waals surface area contributed by atoms with Gasteiger partial charge in [-0.2, -0.15) is 0 Å². The molecule has 3 aromatic carbocycles. The van der Waals surface area contributed by atoms with Gasteiger partial charge in [-0.25, -0.2) is 9.69 Å². The van der Waals surface area contributed by atoms with Crippen molar-refractivity contribution in [2.45, 2.75) is 6.42 Å². The van der Waals surface area contributed by atoms with Gasteiger partial charge in [-0.3, -0.25) is 25.0 Å². The number of imide groups is 2. The Hall–Kier alpha value is -4.11. The molecule has 0 spiro atoms. The lowest BCUT2D eigenvalue weighted by molar-refractivity contribution is -0.384. The highest BCUT2D eigenvalue weighted by Gasteiger charge is 2.37. The second-order valence-electron chi connectivity index (χ2n) is 7.24. The summed E-state index contributed by atoms with van der Waals surface area (Å²) in [6.45, 7) is 0. The van der Waals surface area contributed by atoms with Crippen molar-refractivity contribution in [3.8, 4) is 0 Å². The van der Waals surface area contributed by atoms with Crippen molar-refractivity contribution < 1.29 is 19.3 Å². The molecule has 3 aromatic rings. The molecule has 1 heterocycles. The molecule has 1 aliphatic heterocycles. The Morgan fingerprint density at radius 2 is 1.70 bits per heavy atom. The van der Waals surface area contributed by atoms with Crippen molar-refractivity contribution in [2.24, 2.45) is 0 Å². The van der Waals surface area contributed by atoms with E-state index in [0.29, 0.717) is 16.9 Å². The summed E-state index contributed by atoms with van der Waals surface area (Å²) in [7, 11) is 0. The Kier molecular flexibility index (Phi) is 6.14. The zero-order valence-corrected chi connectivity index (χ0v) is 18.6. The molecule has 4 amide bonds. The molecule has 0 aliphatic carbocycles. The number of rotatable bonds is 5. The zero-order valence-electron chi connectivity index (χ0n) is 17.0. The number of benzene rings is 3. The average molecular weight is 506 g/mol. The highest BCUT2D eigenvalue weighted by atomic mass is 79.9. The number of nitrogens with one attached hydrogen (secondary N) is 1. The predicted molar refractivity (Wildman–Crippen MR) is 125 cm³/mol. The van der Waals surface area contributed by atoms with Gasteiger partial charge >= 0.3 is 6.03 Å². The molecule has 4 rings (SSSR count). The van der Waals surface area contributed by atoms with Crippen molar-refractivity contribution in [1.29, 1.82) is 0 Å². The molecule has 0 unspecified atom stereocenters. The summed E-state index contributed by atoms with van der Waals surface area (Å²) >= 11 is 3.53. The maximum atomic E-state index is 13.0. The number of nitro groups is 1. The van der Waals surface area contributed by atoms with Gasteiger partial charge in [0.15, 0.2) is 0 Å². The SMILES string of the molecule is O=C1NC(=O)N(c2cccc([N+](=O)[O-])c2)C(=O)/C1=C/c1ccc(Cc2ccccc2Br)cc1. The van der Waals surface area contributed by atoms with Gasteiger partial charge in [0.1, 0.15) is 5.57 Å². The van der Waals surface area contributed by atoms with E-state index < -0.39 is 22.8 Å². The molecule has 33 heavy (non-hydrogen) atoms. The molecule has 1 fully saturated rings. The average Bonchev–Trinajstić information content (AvgIpc) is 2.79. The van der Waals surface area contributed by atoms with Crippen LogP contribution in [0.1, 0.15) is 16.7 Å². The molecule has 1 aliphatic rings. The van der Waals surface area contributed by atoms with E-state index in [4.69, 9.17) is 0 Å². The number of anilines is 1. The molecule has 0 saturated carbocycles. The second kappa shape index (κ2) is 9.17. The maximum Gasteiger partial charge on any atom is 0.335 e. The fourth-order valence-electron chi connectivity index (χ4n) is 3.40. The summed E-state index contributed by atoms with van der Waals surface area (Å²) in [5.74, 6) is -1.69. The minimum atomic E-state index is -0.966. The third-order valence-electron chi connectivity index (χ3n) is 5.04. The van der Waals surface area contributed by atoms with Crippen LogP contribution in [0.5, 0.6) is 0 Å². The highest BCUT2D eigenvalue weighted by Crippen LogP contribution is 2.26. The Bertz CT molecular complexity index is 1320. The lowest BCUT2D eigenvalue weighted by atomic mass is 10.0. The number of carbonyl (C=O) groups is 3. The molecule has 1 N–H and O–H groups in total. The molecule has 8 nitrogen and oxygen atoms in total. The molecule has 1 saturated heterocycles. The first-order valence-electron chi connectivity index (χ1n) is 9.82. The van der Waals surface area contributed by atoms with Crippen LogP contribution >= 0.6 is 15.9 Å². The quantitative estimate of drug-likeness (QED) is 0.235. The van der Waals surface area contributed by atoms with E-state index in [0.717, 1.165) is 21.7 Å². The number of nitrogens with zero attached hydrogens (tertiary/aromatic N) is 2. The Balaban J connectivity index is 1.60. The molecule has 0 bridgehead atoms. The summed E-state index contributed by atoms with van der Waals surface area (Å²) in [6, 6.07) is 19.3. The van der Waals surface area contributed by atoms with Crippen molar-refractivity contribution in [3.63, 3.8) is 0 Å². The molecule has 0 radical (unpaired) electrons. The van der Waals surface area contributed by atoms with Crippen LogP contribution < -0.4 is 10.2 Å². The van der Waals surface area contributed by atoms with Gasteiger partial charge in [-0.1, -0.05) is 64.5 Å². The van der Waals surface area contributed by atoms with Crippen LogP contribution in [0.3, 0.4) is 0 Å². The summed E-state index contributed by atoms with van der Waals surface area (Å²) in [6.07, 6.45) is 2.09. The van der Waals surface area contributed by atoms with Crippen LogP contribution in [-0.2, 0) is 16.0 Å². The monoisotopic (exact) mass is 505 g/mol. The topological polar surface area (TPSA) is 110 Å². The van der Waals surface area contributed by atoms with E-state index in [9.17, 15) is 24.5 Å². The van der Waals surface area contributed by atoms with Gasteiger partial charge in [0.2, 0.25) is 0 Å². The fraction of sp³-hybridized carbons (Fsp3) is 0.0417. The standard InChI is InChI=1S/C24H16BrN3O5/c25-21-7-2-1-4-17(21)12-15-8-10-16(11-9-15)13-20-22(29)26-24(31)27(23(20)30)18-5-3-6-19(14-18)28(32)33/h1-11,13-14H,12H2,(H,26,29,31)/b20-13+. The van der Waals surface area contributed by atoms with Crippen molar-refractivity contribution in [3.05, 3.63) is 110 Å². The minimum absolute atomic E-state index is 0.00566. The second-order valence-corrected chi connectivity index (χ2v) is 8.10. The first-order chi connectivity index (χ1) is 15.8. The highest BCUT2D eigenvalue weighted by molar-refractivity contribution is 9.10. The van der Waals surface area contributed by atoms with Crippen molar-refractivity contribution in [1.82, 2.24) is 5.32 Å². The van der Waals surface area contributed by atoms with E-state index in [1.165, 1.54) is 24.3 Å². The molecule has 0 aromatic heterocycles. The van der Waals surface area contributed by atoms with Crippen LogP contribution in [0.25, 0.3) is 6.08 Å². The van der Waals surface area contributed by atoms with Crippen LogP contribution in [-0.4, -0.2) is 22.8 Å². The van der Waals surface area contributed by atoms with Gasteiger partial charge in [0, 0.05) is 16.6 Å². The van der Waals surface area contributed by atoms with Crippen LogP contribution in [0.4, 0.5) is 16.2 Å². The predicted octanol–water partition coefficient (Wildman–Crippen LogP) is 4.61. The Morgan fingerprint density at radius 3 is 2.39 bits per heavy atom. The minimum Gasteiger partial charge on any atom is -0.273 e. The third-order valence-corrected chi connectivity index (χ3v) is 5.82. The number of hydrogen-bond donors (Lipinski definition) is 1. The number of halogens is 1. The van der Waals surface area contributed by atoms with Crippen LogP contribution in [0.15, 0.2) is 82.8 Å². The van der Waals surface area contributed by atoms with Gasteiger partial charge in [0.25, 0.3) is 17.5 Å². The van der Waals surface area contributed by atoms with Crippen LogP contribution in [0, 0.1) is 10.1 Å². The van der Waals surface area contributed by atoms with E-state index in [1.807, 2.05) is 36.4 Å². The molecule has 164 valence electrons. The first kappa shape index (κ1) is 22.1. The summed E-state index contributed by atoms with van der Waals surface area (Å²) in [5, 5.41) is 13.2. The van der Waals surface area contributed by atoms with E-state index in [2.05, 4.69) is 21.2 Å². The number of nitro benzene ring substituents is 1. The van der Waals surface area contributed by atoms with Crippen molar-refractivity contribution in [2.75, 3.05) is 4.90 Å². The summed E-state index contributed by atoms with van der Waals surface area (Å²) < 4.78 is 1.01. The smallest absolute Gasteiger partial charge is 0.273 e. The number of hydrogen-bond acceptors (Lipinski definition) is 5. The van der Waals surface area contributed by atoms with Gasteiger partial charge in [0.05, 0.1) is 10.6 Å². The van der Waals surface area contributed by atoms with Gasteiger partial charge < -0.3 is 0 Å². The van der Waals surface area contributed by atoms with E-state index in [-0.39, 0.29) is 16.9 Å². The molecule has 0 atom stereocenters. The van der Waals surface area contributed by atoms with Gasteiger partial charge in [-0.05, 0) is 41.3 Å². The third kappa shape index (κ3) is 4.73. The molecule has 9 heteroatoms. The largest absolute Gasteiger partial charge is 0.335 e. The lowest BCUT2D eigenvalue weighted by Crippen LogP contribution is -2.54. The Morgan fingerprint density at radius 1 is 0.970 bits per heavy atom. The van der Waals surface area contributed by atoms with Gasteiger partial charge in [-0.15, -0.1) is 0 Å². The van der Waals surface area contributed by atoms with E-state index in [1.54, 1.807) is 12.1 Å². The lowest BCUT2D eigenvalue weighted by Gasteiger charge is -2.26. The number of non-ortho nitro benzene ring substituents is 1. The fourth-order valence-corrected chi connectivity index (χ4v) is 3.82. The zero-order chi connectivity index (χ0) is 23.5. The molecular weight excluding hydrogens is 490 g/mol. The number of amides is 4. The van der Waals surface area contributed by atoms with E-state index >= 15 is 0 Å². The van der Waals surface area contributed by atoms with Crippen LogP contribution in [0.2, 0.25) is 0 Å². The first-order valence-corrected chi connectivity index (χ1v) is 10.6. The summed E-state index contributed by atoms with van der Waals surface area (Å²) in [4.78, 5) is 48.8.